The van der Waals surface area contributed by atoms with Gasteiger partial charge in [-0.05, 0) is 99.4 Å². The van der Waals surface area contributed by atoms with E-state index in [-0.39, 0.29) is 11.7 Å². The largest absolute Gasteiger partial charge is 0.506 e. The van der Waals surface area contributed by atoms with Gasteiger partial charge in [-0.15, -0.1) is 0 Å². The summed E-state index contributed by atoms with van der Waals surface area (Å²) in [5.74, 6) is -0.463. The number of nitrogens with zero attached hydrogens (tertiary/aromatic N) is 2. The maximum absolute atomic E-state index is 12.6. The zero-order chi connectivity index (χ0) is 20.4. The van der Waals surface area contributed by atoms with Crippen LogP contribution >= 0.6 is 56.9 Å². The van der Waals surface area contributed by atoms with Crippen LogP contribution in [0.4, 0.5) is 5.69 Å². The van der Waals surface area contributed by atoms with Gasteiger partial charge < -0.3 is 9.84 Å². The first-order chi connectivity index (χ1) is 13.3. The Balaban J connectivity index is 1.89. The van der Waals surface area contributed by atoms with E-state index in [4.69, 9.17) is 0 Å². The van der Waals surface area contributed by atoms with Crippen molar-refractivity contribution in [3.63, 3.8) is 0 Å². The van der Waals surface area contributed by atoms with Crippen LogP contribution in [0, 0.1) is 7.14 Å². The molecule has 9 heteroatoms. The summed E-state index contributed by atoms with van der Waals surface area (Å²) in [6.45, 7) is 0. The van der Waals surface area contributed by atoms with Crippen LogP contribution in [-0.4, -0.2) is 41.2 Å². The van der Waals surface area contributed by atoms with Gasteiger partial charge in [-0.2, -0.15) is 0 Å². The number of aromatic hydroxyl groups is 1. The van der Waals surface area contributed by atoms with Crippen LogP contribution in [0.25, 0.3) is 6.08 Å². The van der Waals surface area contributed by atoms with Crippen molar-refractivity contribution in [2.24, 2.45) is 4.99 Å². The average molecular weight is 620 g/mol. The molecule has 0 saturated carbocycles. The average Bonchev–Trinajstić information content (AvgIpc) is 2.93. The van der Waals surface area contributed by atoms with Gasteiger partial charge >= 0.3 is 5.97 Å². The fourth-order valence-electron chi connectivity index (χ4n) is 2.39. The van der Waals surface area contributed by atoms with E-state index in [1.54, 1.807) is 37.4 Å². The number of benzene rings is 2. The SMILES string of the molecule is COC(=O)c1ccc(N=C2S/C(=C\c3cc(I)cc(I)c3O)C(=O)N2C)cc1. The fraction of sp³-hybridized carbons (Fsp3) is 0.105. The Hall–Kier alpha value is -1.60. The number of hydrogen-bond donors (Lipinski definition) is 1. The molecular weight excluding hydrogens is 606 g/mol. The Morgan fingerprint density at radius 2 is 1.93 bits per heavy atom. The van der Waals surface area contributed by atoms with Gasteiger partial charge in [-0.3, -0.25) is 9.69 Å². The predicted molar refractivity (Wildman–Crippen MR) is 127 cm³/mol. The number of phenols is 1. The van der Waals surface area contributed by atoms with Crippen molar-refractivity contribution >= 4 is 85.8 Å². The van der Waals surface area contributed by atoms with Gasteiger partial charge in [-0.1, -0.05) is 0 Å². The van der Waals surface area contributed by atoms with Crippen molar-refractivity contribution in [2.75, 3.05) is 14.2 Å². The number of phenolic OH excluding ortho intramolecular Hbond substituents is 1. The number of hydrogen-bond acceptors (Lipinski definition) is 6. The van der Waals surface area contributed by atoms with Crippen LogP contribution in [0.1, 0.15) is 15.9 Å². The summed E-state index contributed by atoms with van der Waals surface area (Å²) in [5.41, 5.74) is 1.63. The number of thioether (sulfide) groups is 1. The number of likely N-dealkylation sites (N-methyl/N-ethyl adjacent to an activating group) is 1. The second-order valence-electron chi connectivity index (χ2n) is 5.73. The van der Waals surface area contributed by atoms with E-state index in [1.165, 1.54) is 23.8 Å². The normalized spacial score (nSPS) is 16.9. The van der Waals surface area contributed by atoms with E-state index in [0.717, 1.165) is 7.14 Å². The number of methoxy groups -OCH3 is 1. The van der Waals surface area contributed by atoms with Gasteiger partial charge in [0.2, 0.25) is 0 Å². The number of carbonyl (C=O) groups is 2. The fourth-order valence-corrected chi connectivity index (χ4v) is 5.26. The molecule has 1 N–H and O–H groups in total. The zero-order valence-electron chi connectivity index (χ0n) is 14.8. The zero-order valence-corrected chi connectivity index (χ0v) is 19.9. The van der Waals surface area contributed by atoms with Crippen LogP contribution in [0.3, 0.4) is 0 Å². The highest BCUT2D eigenvalue weighted by atomic mass is 127. The number of carbonyl (C=O) groups excluding carboxylic acids is 2. The minimum absolute atomic E-state index is 0.147. The molecule has 28 heavy (non-hydrogen) atoms. The molecular formula is C19H14I2N2O4S. The van der Waals surface area contributed by atoms with Crippen molar-refractivity contribution in [1.82, 2.24) is 4.90 Å². The second kappa shape index (κ2) is 8.82. The molecule has 1 aliphatic rings. The molecule has 1 saturated heterocycles. The molecule has 1 fully saturated rings. The maximum Gasteiger partial charge on any atom is 0.337 e. The van der Waals surface area contributed by atoms with Gasteiger partial charge in [0.25, 0.3) is 5.91 Å². The van der Waals surface area contributed by atoms with Crippen LogP contribution in [0.2, 0.25) is 0 Å². The van der Waals surface area contributed by atoms with Crippen molar-refractivity contribution < 1.29 is 19.4 Å². The number of esters is 1. The van der Waals surface area contributed by atoms with E-state index in [0.29, 0.717) is 26.9 Å². The van der Waals surface area contributed by atoms with Crippen LogP contribution in [0.5, 0.6) is 5.75 Å². The van der Waals surface area contributed by atoms with E-state index in [9.17, 15) is 14.7 Å². The third kappa shape index (κ3) is 4.51. The Kier molecular flexibility index (Phi) is 6.65. The lowest BCUT2D eigenvalue weighted by Gasteiger charge is -2.07. The van der Waals surface area contributed by atoms with E-state index in [2.05, 4.69) is 54.9 Å². The number of halogens is 2. The molecule has 1 amide bonds. The summed E-state index contributed by atoms with van der Waals surface area (Å²) < 4.78 is 6.37. The van der Waals surface area contributed by atoms with E-state index in [1.807, 2.05) is 12.1 Å². The third-order valence-corrected chi connectivity index (χ3v) is 6.37. The van der Waals surface area contributed by atoms with Crippen molar-refractivity contribution in [1.29, 1.82) is 0 Å². The molecule has 0 unspecified atom stereocenters. The lowest BCUT2D eigenvalue weighted by molar-refractivity contribution is -0.121. The topological polar surface area (TPSA) is 79.2 Å². The maximum atomic E-state index is 12.6. The Morgan fingerprint density at radius 1 is 1.25 bits per heavy atom. The molecule has 0 aromatic heterocycles. The molecule has 0 spiro atoms. The Morgan fingerprint density at radius 3 is 2.57 bits per heavy atom. The summed E-state index contributed by atoms with van der Waals surface area (Å²) in [6, 6.07) is 10.3. The smallest absolute Gasteiger partial charge is 0.337 e. The van der Waals surface area contributed by atoms with Crippen LogP contribution in [-0.2, 0) is 9.53 Å². The molecule has 1 aliphatic heterocycles. The van der Waals surface area contributed by atoms with Gasteiger partial charge in [0.15, 0.2) is 5.17 Å². The Labute approximate surface area is 193 Å². The summed E-state index contributed by atoms with van der Waals surface area (Å²) >= 11 is 5.46. The third-order valence-electron chi connectivity index (χ3n) is 3.86. The number of amides is 1. The van der Waals surface area contributed by atoms with Gasteiger partial charge in [-0.25, -0.2) is 9.79 Å². The highest BCUT2D eigenvalue weighted by Gasteiger charge is 2.30. The highest BCUT2D eigenvalue weighted by Crippen LogP contribution is 2.36. The molecule has 144 valence electrons. The molecule has 0 bridgehead atoms. The number of amidine groups is 1. The monoisotopic (exact) mass is 620 g/mol. The summed E-state index contributed by atoms with van der Waals surface area (Å²) in [6.07, 6.45) is 1.67. The lowest BCUT2D eigenvalue weighted by Crippen LogP contribution is -2.23. The van der Waals surface area contributed by atoms with Crippen LogP contribution in [0.15, 0.2) is 46.3 Å². The van der Waals surface area contributed by atoms with Crippen molar-refractivity contribution in [3.05, 3.63) is 59.6 Å². The molecule has 6 nitrogen and oxygen atoms in total. The van der Waals surface area contributed by atoms with Gasteiger partial charge in [0, 0.05) is 16.2 Å². The number of ether oxygens (including phenoxy) is 1. The van der Waals surface area contributed by atoms with Crippen molar-refractivity contribution in [3.8, 4) is 5.75 Å². The number of aliphatic imine (C=N–C) groups is 1. The number of rotatable bonds is 3. The van der Waals surface area contributed by atoms with Crippen molar-refractivity contribution in [2.45, 2.75) is 0 Å². The minimum Gasteiger partial charge on any atom is -0.506 e. The predicted octanol–water partition coefficient (Wildman–Crippen LogP) is 4.62. The Bertz CT molecular complexity index is 1020. The summed E-state index contributed by atoms with van der Waals surface area (Å²) in [7, 11) is 2.98. The quantitative estimate of drug-likeness (QED) is 0.308. The molecule has 3 rings (SSSR count). The van der Waals surface area contributed by atoms with Gasteiger partial charge in [0.05, 0.1) is 26.8 Å². The molecule has 0 aliphatic carbocycles. The second-order valence-corrected chi connectivity index (χ2v) is 9.15. The molecule has 2 aromatic rings. The first-order valence-electron chi connectivity index (χ1n) is 7.93. The lowest BCUT2D eigenvalue weighted by atomic mass is 10.2. The summed E-state index contributed by atoms with van der Waals surface area (Å²) in [4.78, 5) is 30.5. The minimum atomic E-state index is -0.418. The molecule has 2 aromatic carbocycles. The highest BCUT2D eigenvalue weighted by molar-refractivity contribution is 14.1. The molecule has 0 radical (unpaired) electrons. The van der Waals surface area contributed by atoms with Gasteiger partial charge in [0.1, 0.15) is 5.75 Å². The van der Waals surface area contributed by atoms with E-state index < -0.39 is 5.97 Å². The van der Waals surface area contributed by atoms with Crippen LogP contribution < -0.4 is 0 Å². The molecule has 1 heterocycles. The first-order valence-corrected chi connectivity index (χ1v) is 10.9. The molecule has 0 atom stereocenters. The van der Waals surface area contributed by atoms with E-state index >= 15 is 0 Å². The summed E-state index contributed by atoms with van der Waals surface area (Å²) in [5, 5.41) is 10.8. The standard InChI is InChI=1S/C19H14I2N2O4S/c1-23-17(25)15(8-11-7-12(20)9-14(21)16(11)24)28-19(23)22-13-5-3-10(4-6-13)18(26)27-2/h3-9,24H,1-2H3/b15-8-,22-19?. The first kappa shape index (κ1) is 21.1.